The van der Waals surface area contributed by atoms with Gasteiger partial charge in [0.05, 0.1) is 16.7 Å². The third kappa shape index (κ3) is 5.55. The maximum absolute atomic E-state index is 6.62. The monoisotopic (exact) mass is 758 g/mol. The number of benzene rings is 9. The number of ether oxygens (including phenoxy) is 2. The zero-order valence-electron chi connectivity index (χ0n) is 31.7. The first-order valence-corrected chi connectivity index (χ1v) is 19.8. The highest BCUT2D eigenvalue weighted by molar-refractivity contribution is 6.11. The molecule has 0 saturated heterocycles. The van der Waals surface area contributed by atoms with Gasteiger partial charge in [0, 0.05) is 50.7 Å². The fourth-order valence-electron chi connectivity index (χ4n) is 8.63. The van der Waals surface area contributed by atoms with Crippen LogP contribution in [0.5, 0.6) is 23.0 Å². The summed E-state index contributed by atoms with van der Waals surface area (Å²) in [6.07, 6.45) is 0. The van der Waals surface area contributed by atoms with Crippen LogP contribution in [0.4, 0.5) is 17.1 Å². The van der Waals surface area contributed by atoms with E-state index < -0.39 is 0 Å². The zero-order chi connectivity index (χ0) is 38.9. The zero-order valence-corrected chi connectivity index (χ0v) is 31.7. The van der Waals surface area contributed by atoms with Gasteiger partial charge in [-0.3, -0.25) is 0 Å². The first-order chi connectivity index (χ1) is 29.2. The summed E-state index contributed by atoms with van der Waals surface area (Å²) in [6, 6.07) is 72.0. The van der Waals surface area contributed by atoms with Gasteiger partial charge in [0.15, 0.2) is 23.0 Å². The van der Waals surface area contributed by atoms with Gasteiger partial charge in [0.25, 0.3) is 0 Å². The van der Waals surface area contributed by atoms with Crippen LogP contribution in [0.25, 0.3) is 71.7 Å². The van der Waals surface area contributed by atoms with E-state index in [1.54, 1.807) is 0 Å². The molecule has 9 aromatic carbocycles. The van der Waals surface area contributed by atoms with E-state index in [-0.39, 0.29) is 0 Å². The van der Waals surface area contributed by atoms with Crippen LogP contribution in [0, 0.1) is 0 Å². The molecule has 3 heterocycles. The lowest BCUT2D eigenvalue weighted by molar-refractivity contribution is 0.360. The molecule has 5 heteroatoms. The molecule has 5 nitrogen and oxygen atoms in total. The van der Waals surface area contributed by atoms with Crippen LogP contribution in [0.1, 0.15) is 0 Å². The van der Waals surface area contributed by atoms with E-state index in [0.29, 0.717) is 23.0 Å². The molecule has 12 rings (SSSR count). The molecule has 0 saturated carbocycles. The Morgan fingerprint density at radius 2 is 0.898 bits per heavy atom. The van der Waals surface area contributed by atoms with Gasteiger partial charge in [-0.15, -0.1) is 0 Å². The molecular weight excluding hydrogens is 725 g/mol. The van der Waals surface area contributed by atoms with Crippen LogP contribution in [0.15, 0.2) is 211 Å². The van der Waals surface area contributed by atoms with E-state index >= 15 is 0 Å². The number of para-hydroxylation sites is 4. The van der Waals surface area contributed by atoms with Crippen molar-refractivity contribution in [2.45, 2.75) is 0 Å². The number of aromatic nitrogens is 1. The van der Waals surface area contributed by atoms with Crippen molar-refractivity contribution in [3.8, 4) is 50.9 Å². The molecule has 0 amide bonds. The van der Waals surface area contributed by atoms with Gasteiger partial charge in [-0.1, -0.05) is 109 Å². The molecule has 0 unspecified atom stereocenters. The van der Waals surface area contributed by atoms with Gasteiger partial charge in [-0.25, -0.2) is 0 Å². The fraction of sp³-hybridized carbons (Fsp3) is 0. The quantitative estimate of drug-likeness (QED) is 0.169. The van der Waals surface area contributed by atoms with Gasteiger partial charge in [0.2, 0.25) is 0 Å². The lowest BCUT2D eigenvalue weighted by atomic mass is 10.0. The molecule has 0 atom stereocenters. The van der Waals surface area contributed by atoms with Crippen molar-refractivity contribution < 1.29 is 13.9 Å². The Morgan fingerprint density at radius 1 is 0.322 bits per heavy atom. The van der Waals surface area contributed by atoms with Crippen LogP contribution >= 0.6 is 0 Å². The highest BCUT2D eigenvalue weighted by atomic mass is 16.6. The van der Waals surface area contributed by atoms with Crippen molar-refractivity contribution in [1.29, 1.82) is 0 Å². The molecule has 0 fully saturated rings. The van der Waals surface area contributed by atoms with E-state index in [2.05, 4.69) is 173 Å². The summed E-state index contributed by atoms with van der Waals surface area (Å²) < 4.78 is 21.6. The Hall–Kier alpha value is -8.02. The summed E-state index contributed by atoms with van der Waals surface area (Å²) in [6.45, 7) is 0. The SMILES string of the molecule is c1ccc(-c2ccc(N(c3ccc4c(c3)Oc3ccccc3O4)c3ccc4c(c3)oc3ccc(-c5ccc6c7ccccc7n(-c7ccccc7)c6c5)cc34)cc2)cc1. The molecular formula is C54H34N2O3. The third-order valence-corrected chi connectivity index (χ3v) is 11.4. The molecule has 0 aliphatic carbocycles. The first-order valence-electron chi connectivity index (χ1n) is 19.8. The molecule has 2 aromatic heterocycles. The van der Waals surface area contributed by atoms with Gasteiger partial charge >= 0.3 is 0 Å². The van der Waals surface area contributed by atoms with Crippen LogP contribution in [0.2, 0.25) is 0 Å². The maximum Gasteiger partial charge on any atom is 0.172 e. The number of hydrogen-bond donors (Lipinski definition) is 0. The number of hydrogen-bond acceptors (Lipinski definition) is 4. The number of furan rings is 1. The van der Waals surface area contributed by atoms with Crippen LogP contribution in [-0.2, 0) is 0 Å². The lowest BCUT2D eigenvalue weighted by Crippen LogP contribution is -2.10. The summed E-state index contributed by atoms with van der Waals surface area (Å²) in [4.78, 5) is 2.23. The lowest BCUT2D eigenvalue weighted by Gasteiger charge is -2.27. The number of nitrogens with zero attached hydrogens (tertiary/aromatic N) is 2. The minimum atomic E-state index is 0.659. The summed E-state index contributed by atoms with van der Waals surface area (Å²) in [5, 5.41) is 4.61. The van der Waals surface area contributed by atoms with Crippen LogP contribution in [-0.4, -0.2) is 4.57 Å². The van der Waals surface area contributed by atoms with E-state index in [9.17, 15) is 0 Å². The third-order valence-electron chi connectivity index (χ3n) is 11.4. The molecule has 0 N–H and O–H groups in total. The number of anilines is 3. The predicted molar refractivity (Wildman–Crippen MR) is 240 cm³/mol. The average molecular weight is 759 g/mol. The highest BCUT2D eigenvalue weighted by Crippen LogP contribution is 2.48. The maximum atomic E-state index is 6.62. The Bertz CT molecular complexity index is 3380. The average Bonchev–Trinajstić information content (AvgIpc) is 3.84. The van der Waals surface area contributed by atoms with Crippen molar-refractivity contribution in [2.24, 2.45) is 0 Å². The van der Waals surface area contributed by atoms with Crippen LogP contribution < -0.4 is 14.4 Å². The normalized spacial score (nSPS) is 12.0. The Morgan fingerprint density at radius 3 is 1.73 bits per heavy atom. The molecule has 1 aliphatic heterocycles. The molecule has 0 bridgehead atoms. The van der Waals surface area contributed by atoms with E-state index in [0.717, 1.165) is 61.4 Å². The van der Waals surface area contributed by atoms with Gasteiger partial charge < -0.3 is 23.4 Å². The molecule has 0 spiro atoms. The van der Waals surface area contributed by atoms with Crippen molar-refractivity contribution >= 4 is 60.8 Å². The number of rotatable bonds is 6. The standard InChI is InChI=1S/C54H34N2O3/c1-3-11-35(12-4-1)36-19-23-40(24-20-36)55(42-26-30-52-54(34-42)59-51-18-10-9-17-50(51)58-52)41-25-28-45-46-31-37(22-29-49(46)57-53(45)33-41)38-21-27-44-43-15-7-8-16-47(43)56(48(44)32-38)39-13-5-2-6-14-39/h1-34H. The minimum Gasteiger partial charge on any atom is -0.456 e. The summed E-state index contributed by atoms with van der Waals surface area (Å²) in [7, 11) is 0. The second-order valence-electron chi connectivity index (χ2n) is 14.9. The van der Waals surface area contributed by atoms with Crippen molar-refractivity contribution in [3.05, 3.63) is 206 Å². The summed E-state index contributed by atoms with van der Waals surface area (Å²) >= 11 is 0. The molecule has 1 aliphatic rings. The second kappa shape index (κ2) is 13.3. The van der Waals surface area contributed by atoms with E-state index in [1.165, 1.54) is 27.4 Å². The minimum absolute atomic E-state index is 0.659. The molecule has 0 radical (unpaired) electrons. The Kier molecular flexibility index (Phi) is 7.47. The Balaban J connectivity index is 0.958. The predicted octanol–water partition coefficient (Wildman–Crippen LogP) is 15.4. The summed E-state index contributed by atoms with van der Waals surface area (Å²) in [5.41, 5.74) is 12.7. The van der Waals surface area contributed by atoms with Gasteiger partial charge in [-0.05, 0) is 107 Å². The van der Waals surface area contributed by atoms with Crippen molar-refractivity contribution in [3.63, 3.8) is 0 Å². The molecule has 59 heavy (non-hydrogen) atoms. The number of fused-ring (bicyclic) bond motifs is 8. The topological polar surface area (TPSA) is 39.8 Å². The Labute approximate surface area is 340 Å². The molecule has 278 valence electrons. The molecule has 11 aromatic rings. The fourth-order valence-corrected chi connectivity index (χ4v) is 8.63. The first kappa shape index (κ1) is 33.2. The van der Waals surface area contributed by atoms with E-state index in [4.69, 9.17) is 13.9 Å². The van der Waals surface area contributed by atoms with Gasteiger partial charge in [0.1, 0.15) is 11.2 Å². The van der Waals surface area contributed by atoms with E-state index in [1.807, 2.05) is 42.5 Å². The smallest absolute Gasteiger partial charge is 0.172 e. The highest BCUT2D eigenvalue weighted by Gasteiger charge is 2.23. The summed E-state index contributed by atoms with van der Waals surface area (Å²) in [5.74, 6) is 2.73. The second-order valence-corrected chi connectivity index (χ2v) is 14.9. The largest absolute Gasteiger partial charge is 0.456 e. The van der Waals surface area contributed by atoms with Crippen LogP contribution in [0.3, 0.4) is 0 Å². The van der Waals surface area contributed by atoms with Gasteiger partial charge in [-0.2, -0.15) is 0 Å². The van der Waals surface area contributed by atoms with Crippen molar-refractivity contribution in [1.82, 2.24) is 4.57 Å². The van der Waals surface area contributed by atoms with Crippen molar-refractivity contribution in [2.75, 3.05) is 4.90 Å².